The molecule has 7 heteroatoms. The van der Waals surface area contributed by atoms with Crippen LogP contribution in [0.1, 0.15) is 19.3 Å². The van der Waals surface area contributed by atoms with Crippen molar-refractivity contribution in [3.63, 3.8) is 0 Å². The maximum absolute atomic E-state index is 11.7. The number of hydrogen-bond acceptors (Lipinski definition) is 4. The molecule has 0 aromatic heterocycles. The number of carbonyl (C=O) groups excluding carboxylic acids is 1. The summed E-state index contributed by atoms with van der Waals surface area (Å²) < 4.78 is 0. The summed E-state index contributed by atoms with van der Waals surface area (Å²) in [4.78, 5) is 22.0. The van der Waals surface area contributed by atoms with Crippen LogP contribution >= 0.6 is 11.6 Å². The highest BCUT2D eigenvalue weighted by Crippen LogP contribution is 2.27. The Morgan fingerprint density at radius 2 is 2.21 bits per heavy atom. The van der Waals surface area contributed by atoms with Gasteiger partial charge in [0.1, 0.15) is 5.69 Å². The highest BCUT2D eigenvalue weighted by atomic mass is 35.5. The fraction of sp³-hybridized carbons (Fsp3) is 0.417. The lowest BCUT2D eigenvalue weighted by Gasteiger charge is -2.07. The minimum Gasteiger partial charge on any atom is -0.320 e. The molecule has 2 N–H and O–H groups in total. The molecule has 6 nitrogen and oxygen atoms in total. The van der Waals surface area contributed by atoms with Gasteiger partial charge in [-0.2, -0.15) is 0 Å². The third kappa shape index (κ3) is 4.18. The SMILES string of the molecule is O=C(CCNC1CC1)Nc1cc(Cl)ccc1[N+](=O)[O-]. The average Bonchev–Trinajstić information content (AvgIpc) is 3.12. The third-order valence-corrected chi connectivity index (χ3v) is 3.03. The van der Waals surface area contributed by atoms with Gasteiger partial charge in [0.2, 0.25) is 5.91 Å². The summed E-state index contributed by atoms with van der Waals surface area (Å²) in [5, 5.41) is 16.9. The summed E-state index contributed by atoms with van der Waals surface area (Å²) in [5.41, 5.74) is -0.0261. The molecule has 1 amide bonds. The quantitative estimate of drug-likeness (QED) is 0.620. The summed E-state index contributed by atoms with van der Waals surface area (Å²) in [7, 11) is 0. The van der Waals surface area contributed by atoms with Crippen LogP contribution in [0.4, 0.5) is 11.4 Å². The first kappa shape index (κ1) is 13.8. The van der Waals surface area contributed by atoms with Crippen molar-refractivity contribution in [3.05, 3.63) is 33.3 Å². The van der Waals surface area contributed by atoms with Gasteiger partial charge < -0.3 is 10.6 Å². The lowest BCUT2D eigenvalue weighted by Crippen LogP contribution is -2.23. The van der Waals surface area contributed by atoms with E-state index >= 15 is 0 Å². The van der Waals surface area contributed by atoms with E-state index < -0.39 is 4.92 Å². The fourth-order valence-electron chi connectivity index (χ4n) is 1.66. The van der Waals surface area contributed by atoms with Gasteiger partial charge in [0, 0.05) is 30.1 Å². The van der Waals surface area contributed by atoms with Gasteiger partial charge in [-0.3, -0.25) is 14.9 Å². The Kier molecular flexibility index (Phi) is 4.34. The lowest BCUT2D eigenvalue weighted by atomic mass is 10.2. The molecule has 19 heavy (non-hydrogen) atoms. The summed E-state index contributed by atoms with van der Waals surface area (Å²) in [6, 6.07) is 4.62. The Morgan fingerprint density at radius 3 is 2.84 bits per heavy atom. The van der Waals surface area contributed by atoms with E-state index in [9.17, 15) is 14.9 Å². The minimum atomic E-state index is -0.547. The molecule has 1 aliphatic rings. The molecule has 0 saturated heterocycles. The van der Waals surface area contributed by atoms with E-state index in [1.54, 1.807) is 0 Å². The van der Waals surface area contributed by atoms with E-state index in [2.05, 4.69) is 10.6 Å². The summed E-state index contributed by atoms with van der Waals surface area (Å²) >= 11 is 5.77. The van der Waals surface area contributed by atoms with E-state index in [-0.39, 0.29) is 23.7 Å². The molecule has 0 bridgehead atoms. The number of nitro groups is 1. The van der Waals surface area contributed by atoms with Crippen LogP contribution < -0.4 is 10.6 Å². The molecule has 0 radical (unpaired) electrons. The van der Waals surface area contributed by atoms with Crippen LogP contribution in [0.25, 0.3) is 0 Å². The highest BCUT2D eigenvalue weighted by molar-refractivity contribution is 6.31. The van der Waals surface area contributed by atoms with Crippen LogP contribution in [-0.2, 0) is 4.79 Å². The van der Waals surface area contributed by atoms with Crippen molar-refractivity contribution in [1.82, 2.24) is 5.32 Å². The van der Waals surface area contributed by atoms with Crippen molar-refractivity contribution >= 4 is 28.9 Å². The van der Waals surface area contributed by atoms with Crippen molar-refractivity contribution in [1.29, 1.82) is 0 Å². The van der Waals surface area contributed by atoms with Crippen LogP contribution in [0.15, 0.2) is 18.2 Å². The zero-order chi connectivity index (χ0) is 13.8. The number of nitrogens with zero attached hydrogens (tertiary/aromatic N) is 1. The molecular formula is C12H14ClN3O3. The number of amides is 1. The van der Waals surface area contributed by atoms with Crippen molar-refractivity contribution in [2.75, 3.05) is 11.9 Å². The van der Waals surface area contributed by atoms with Crippen molar-refractivity contribution in [3.8, 4) is 0 Å². The van der Waals surface area contributed by atoms with Crippen molar-refractivity contribution < 1.29 is 9.72 Å². The second-order valence-electron chi connectivity index (χ2n) is 4.45. The van der Waals surface area contributed by atoms with Gasteiger partial charge in [0.25, 0.3) is 5.69 Å². The van der Waals surface area contributed by atoms with E-state index in [0.29, 0.717) is 17.6 Å². The van der Waals surface area contributed by atoms with Gasteiger partial charge in [0.15, 0.2) is 0 Å². The first-order valence-corrected chi connectivity index (χ1v) is 6.41. The van der Waals surface area contributed by atoms with Crippen molar-refractivity contribution in [2.45, 2.75) is 25.3 Å². The number of carbonyl (C=O) groups is 1. The summed E-state index contributed by atoms with van der Waals surface area (Å²) in [5.74, 6) is -0.265. The predicted octanol–water partition coefficient (Wildman–Crippen LogP) is 2.33. The van der Waals surface area contributed by atoms with E-state index in [4.69, 9.17) is 11.6 Å². The normalized spacial score (nSPS) is 14.2. The van der Waals surface area contributed by atoms with Crippen molar-refractivity contribution in [2.24, 2.45) is 0 Å². The standard InChI is InChI=1S/C12H14ClN3O3/c13-8-1-4-11(16(18)19)10(7-8)15-12(17)5-6-14-9-2-3-9/h1,4,7,9,14H,2-3,5-6H2,(H,15,17). The molecule has 1 aliphatic carbocycles. The molecule has 0 spiro atoms. The van der Waals surface area contributed by atoms with Crippen LogP contribution in [0, 0.1) is 10.1 Å². The molecule has 1 saturated carbocycles. The highest BCUT2D eigenvalue weighted by Gasteiger charge is 2.20. The Labute approximate surface area is 115 Å². The molecule has 0 atom stereocenters. The molecule has 0 unspecified atom stereocenters. The molecular weight excluding hydrogens is 270 g/mol. The fourth-order valence-corrected chi connectivity index (χ4v) is 1.83. The average molecular weight is 284 g/mol. The number of hydrogen-bond donors (Lipinski definition) is 2. The zero-order valence-corrected chi connectivity index (χ0v) is 10.9. The predicted molar refractivity (Wildman–Crippen MR) is 72.4 cm³/mol. The topological polar surface area (TPSA) is 84.3 Å². The number of benzene rings is 1. The van der Waals surface area contributed by atoms with Crippen LogP contribution in [0.5, 0.6) is 0 Å². The first-order valence-electron chi connectivity index (χ1n) is 6.03. The summed E-state index contributed by atoms with van der Waals surface area (Å²) in [6.45, 7) is 0.574. The van der Waals surface area contributed by atoms with E-state index in [0.717, 1.165) is 12.8 Å². The number of anilines is 1. The molecule has 102 valence electrons. The zero-order valence-electron chi connectivity index (χ0n) is 10.2. The monoisotopic (exact) mass is 283 g/mol. The van der Waals surface area contributed by atoms with Gasteiger partial charge >= 0.3 is 0 Å². The number of nitro benzene ring substituents is 1. The van der Waals surface area contributed by atoms with Gasteiger partial charge in [0.05, 0.1) is 4.92 Å². The summed E-state index contributed by atoms with van der Waals surface area (Å²) in [6.07, 6.45) is 2.59. The molecule has 1 aromatic rings. The molecule has 0 heterocycles. The lowest BCUT2D eigenvalue weighted by molar-refractivity contribution is -0.383. The largest absolute Gasteiger partial charge is 0.320 e. The Bertz CT molecular complexity index is 503. The number of halogens is 1. The maximum Gasteiger partial charge on any atom is 0.292 e. The van der Waals surface area contributed by atoms with Gasteiger partial charge in [-0.15, -0.1) is 0 Å². The van der Waals surface area contributed by atoms with Gasteiger partial charge in [-0.25, -0.2) is 0 Å². The Morgan fingerprint density at radius 1 is 1.47 bits per heavy atom. The van der Waals surface area contributed by atoms with E-state index in [1.807, 2.05) is 0 Å². The smallest absolute Gasteiger partial charge is 0.292 e. The first-order chi connectivity index (χ1) is 9.06. The molecule has 1 fully saturated rings. The second-order valence-corrected chi connectivity index (χ2v) is 4.88. The maximum atomic E-state index is 11.7. The van der Waals surface area contributed by atoms with Crippen LogP contribution in [0.3, 0.4) is 0 Å². The minimum absolute atomic E-state index is 0.133. The number of nitrogens with one attached hydrogen (secondary N) is 2. The van der Waals surface area contributed by atoms with Crippen LogP contribution in [0.2, 0.25) is 5.02 Å². The molecule has 1 aromatic carbocycles. The van der Waals surface area contributed by atoms with Gasteiger partial charge in [-0.05, 0) is 25.0 Å². The molecule has 2 rings (SSSR count). The van der Waals surface area contributed by atoms with Gasteiger partial charge in [-0.1, -0.05) is 11.6 Å². The Balaban J connectivity index is 1.94. The van der Waals surface area contributed by atoms with Crippen LogP contribution in [-0.4, -0.2) is 23.4 Å². The second kappa shape index (κ2) is 5.99. The third-order valence-electron chi connectivity index (χ3n) is 2.79. The Hall–Kier alpha value is -1.66. The number of rotatable bonds is 6. The van der Waals surface area contributed by atoms with E-state index in [1.165, 1.54) is 18.2 Å². The molecule has 0 aliphatic heterocycles.